The van der Waals surface area contributed by atoms with Gasteiger partial charge in [0.1, 0.15) is 5.75 Å². The minimum atomic E-state index is 0.639. The van der Waals surface area contributed by atoms with Crippen LogP contribution in [0.2, 0.25) is 0 Å². The van der Waals surface area contributed by atoms with Gasteiger partial charge in [0.15, 0.2) is 5.11 Å². The van der Waals surface area contributed by atoms with E-state index in [9.17, 15) is 0 Å². The van der Waals surface area contributed by atoms with E-state index in [1.54, 1.807) is 7.11 Å². The van der Waals surface area contributed by atoms with E-state index in [1.165, 1.54) is 22.3 Å². The summed E-state index contributed by atoms with van der Waals surface area (Å²) in [5.41, 5.74) is 5.97. The maximum Gasteiger partial charge on any atom is 0.170 e. The normalized spacial score (nSPS) is 10.3. The van der Waals surface area contributed by atoms with Gasteiger partial charge in [-0.15, -0.1) is 0 Å². The SMILES string of the molecule is COc1ccc(C)cc1CCNC(=S)Nc1ccc(C)c(C)c1. The van der Waals surface area contributed by atoms with Crippen LogP contribution in [0, 0.1) is 20.8 Å². The molecular formula is C19H24N2OS. The van der Waals surface area contributed by atoms with Crippen molar-refractivity contribution in [1.82, 2.24) is 5.32 Å². The number of thiocarbonyl (C=S) groups is 1. The first-order valence-electron chi connectivity index (χ1n) is 7.75. The van der Waals surface area contributed by atoms with Crippen LogP contribution in [-0.2, 0) is 6.42 Å². The Labute approximate surface area is 144 Å². The third-order valence-electron chi connectivity index (χ3n) is 3.88. The van der Waals surface area contributed by atoms with Crippen molar-refractivity contribution < 1.29 is 4.74 Å². The van der Waals surface area contributed by atoms with Crippen LogP contribution in [0.15, 0.2) is 36.4 Å². The van der Waals surface area contributed by atoms with E-state index < -0.39 is 0 Å². The highest BCUT2D eigenvalue weighted by molar-refractivity contribution is 7.80. The molecule has 0 aliphatic rings. The average Bonchev–Trinajstić information content (AvgIpc) is 2.51. The number of nitrogens with one attached hydrogen (secondary N) is 2. The van der Waals surface area contributed by atoms with Crippen molar-refractivity contribution in [1.29, 1.82) is 0 Å². The second-order valence-corrected chi connectivity index (χ2v) is 6.15. The molecule has 0 saturated heterocycles. The molecule has 0 saturated carbocycles. The zero-order valence-corrected chi connectivity index (χ0v) is 15.0. The van der Waals surface area contributed by atoms with Crippen LogP contribution >= 0.6 is 12.2 Å². The second-order valence-electron chi connectivity index (χ2n) is 5.75. The van der Waals surface area contributed by atoms with Crippen molar-refractivity contribution in [3.8, 4) is 5.75 Å². The van der Waals surface area contributed by atoms with E-state index in [0.29, 0.717) is 5.11 Å². The molecule has 0 fully saturated rings. The zero-order valence-electron chi connectivity index (χ0n) is 14.2. The monoisotopic (exact) mass is 328 g/mol. The van der Waals surface area contributed by atoms with Gasteiger partial charge < -0.3 is 15.4 Å². The third kappa shape index (κ3) is 4.96. The molecule has 4 heteroatoms. The van der Waals surface area contributed by atoms with Gasteiger partial charge in [-0.3, -0.25) is 0 Å². The molecule has 0 aromatic heterocycles. The Kier molecular flexibility index (Phi) is 5.99. The predicted octanol–water partition coefficient (Wildman–Crippen LogP) is 4.15. The molecule has 0 aliphatic heterocycles. The fourth-order valence-corrected chi connectivity index (χ4v) is 2.63. The van der Waals surface area contributed by atoms with Crippen LogP contribution in [0.1, 0.15) is 22.3 Å². The highest BCUT2D eigenvalue weighted by Gasteiger charge is 2.04. The van der Waals surface area contributed by atoms with Gasteiger partial charge >= 0.3 is 0 Å². The molecule has 2 aromatic carbocycles. The summed E-state index contributed by atoms with van der Waals surface area (Å²) in [6.07, 6.45) is 0.861. The largest absolute Gasteiger partial charge is 0.496 e. The summed E-state index contributed by atoms with van der Waals surface area (Å²) in [6.45, 7) is 7.05. The Morgan fingerprint density at radius 2 is 1.83 bits per heavy atom. The molecule has 0 aliphatic carbocycles. The fourth-order valence-electron chi connectivity index (χ4n) is 2.41. The third-order valence-corrected chi connectivity index (χ3v) is 4.13. The maximum atomic E-state index is 5.40. The molecule has 3 nitrogen and oxygen atoms in total. The van der Waals surface area contributed by atoms with Crippen LogP contribution in [-0.4, -0.2) is 18.8 Å². The molecule has 0 heterocycles. The summed E-state index contributed by atoms with van der Waals surface area (Å²) >= 11 is 5.36. The average molecular weight is 328 g/mol. The molecule has 0 bridgehead atoms. The first kappa shape index (κ1) is 17.3. The van der Waals surface area contributed by atoms with Gasteiger partial charge in [-0.25, -0.2) is 0 Å². The molecule has 0 unspecified atom stereocenters. The van der Waals surface area contributed by atoms with Crippen molar-refractivity contribution in [3.05, 3.63) is 58.7 Å². The minimum absolute atomic E-state index is 0.639. The Hall–Kier alpha value is -2.07. The van der Waals surface area contributed by atoms with Gasteiger partial charge in [-0.2, -0.15) is 0 Å². The van der Waals surface area contributed by atoms with Gasteiger partial charge in [-0.1, -0.05) is 23.8 Å². The maximum absolute atomic E-state index is 5.40. The summed E-state index contributed by atoms with van der Waals surface area (Å²) < 4.78 is 5.40. The quantitative estimate of drug-likeness (QED) is 0.808. The molecule has 2 rings (SSSR count). The summed E-state index contributed by atoms with van der Waals surface area (Å²) in [5.74, 6) is 0.922. The number of benzene rings is 2. The fraction of sp³-hybridized carbons (Fsp3) is 0.316. The lowest BCUT2D eigenvalue weighted by molar-refractivity contribution is 0.409. The topological polar surface area (TPSA) is 33.3 Å². The smallest absolute Gasteiger partial charge is 0.170 e. The number of rotatable bonds is 5. The van der Waals surface area contributed by atoms with Crippen LogP contribution in [0.3, 0.4) is 0 Å². The summed E-state index contributed by atoms with van der Waals surface area (Å²) in [6, 6.07) is 12.5. The lowest BCUT2D eigenvalue weighted by atomic mass is 10.1. The molecular weight excluding hydrogens is 304 g/mol. The highest BCUT2D eigenvalue weighted by Crippen LogP contribution is 2.19. The lowest BCUT2D eigenvalue weighted by Crippen LogP contribution is -2.30. The number of anilines is 1. The molecule has 2 N–H and O–H groups in total. The van der Waals surface area contributed by atoms with Gasteiger partial charge in [0.05, 0.1) is 7.11 Å². The summed E-state index contributed by atoms with van der Waals surface area (Å²) in [5, 5.41) is 7.11. The standard InChI is InChI=1S/C19H24N2OS/c1-13-5-8-18(22-4)16(11-13)9-10-20-19(23)21-17-7-6-14(2)15(3)12-17/h5-8,11-12H,9-10H2,1-4H3,(H2,20,21,23). The van der Waals surface area contributed by atoms with Crippen LogP contribution in [0.25, 0.3) is 0 Å². The Balaban J connectivity index is 1.87. The predicted molar refractivity (Wildman–Crippen MR) is 102 cm³/mol. The van der Waals surface area contributed by atoms with Crippen LogP contribution in [0.4, 0.5) is 5.69 Å². The Morgan fingerprint density at radius 3 is 2.52 bits per heavy atom. The van der Waals surface area contributed by atoms with E-state index in [0.717, 1.165) is 24.4 Å². The van der Waals surface area contributed by atoms with E-state index >= 15 is 0 Å². The number of aryl methyl sites for hydroxylation is 3. The first-order chi connectivity index (χ1) is 11.0. The van der Waals surface area contributed by atoms with Crippen LogP contribution in [0.5, 0.6) is 5.75 Å². The molecule has 0 radical (unpaired) electrons. The van der Waals surface area contributed by atoms with E-state index in [2.05, 4.69) is 55.7 Å². The number of hydrogen-bond acceptors (Lipinski definition) is 2. The van der Waals surface area contributed by atoms with E-state index in [1.807, 2.05) is 12.1 Å². The van der Waals surface area contributed by atoms with Crippen molar-refractivity contribution in [3.63, 3.8) is 0 Å². The van der Waals surface area contributed by atoms with Gasteiger partial charge in [0.2, 0.25) is 0 Å². The van der Waals surface area contributed by atoms with Crippen LogP contribution < -0.4 is 15.4 Å². The second kappa shape index (κ2) is 7.97. The first-order valence-corrected chi connectivity index (χ1v) is 8.16. The Bertz CT molecular complexity index is 698. The van der Waals surface area contributed by atoms with Gasteiger partial charge in [-0.05, 0) is 74.3 Å². The van der Waals surface area contributed by atoms with E-state index in [-0.39, 0.29) is 0 Å². The summed E-state index contributed by atoms with van der Waals surface area (Å²) in [4.78, 5) is 0. The van der Waals surface area contributed by atoms with Gasteiger partial charge in [0.25, 0.3) is 0 Å². The minimum Gasteiger partial charge on any atom is -0.496 e. The van der Waals surface area contributed by atoms with Crippen molar-refractivity contribution in [2.45, 2.75) is 27.2 Å². The highest BCUT2D eigenvalue weighted by atomic mass is 32.1. The van der Waals surface area contributed by atoms with Gasteiger partial charge in [0, 0.05) is 12.2 Å². The summed E-state index contributed by atoms with van der Waals surface area (Å²) in [7, 11) is 1.70. The molecule has 0 spiro atoms. The molecule has 23 heavy (non-hydrogen) atoms. The van der Waals surface area contributed by atoms with E-state index in [4.69, 9.17) is 17.0 Å². The molecule has 0 amide bonds. The molecule has 122 valence electrons. The number of methoxy groups -OCH3 is 1. The molecule has 2 aromatic rings. The number of ether oxygens (including phenoxy) is 1. The van der Waals surface area contributed by atoms with Crippen molar-refractivity contribution in [2.24, 2.45) is 0 Å². The zero-order chi connectivity index (χ0) is 16.8. The Morgan fingerprint density at radius 1 is 1.04 bits per heavy atom. The van der Waals surface area contributed by atoms with Crippen molar-refractivity contribution in [2.75, 3.05) is 19.0 Å². The number of hydrogen-bond donors (Lipinski definition) is 2. The van der Waals surface area contributed by atoms with Crippen molar-refractivity contribution >= 4 is 23.0 Å². The molecule has 0 atom stereocenters. The lowest BCUT2D eigenvalue weighted by Gasteiger charge is -2.13.